The molecular formula is C26H57ClN4O3V. The van der Waals surface area contributed by atoms with Crippen molar-refractivity contribution in [2.75, 3.05) is 48.3 Å². The zero-order valence-electron chi connectivity index (χ0n) is 25.3. The van der Waals surface area contributed by atoms with Gasteiger partial charge in [-0.1, -0.05) is 62.3 Å². The zero-order chi connectivity index (χ0) is 27.3. The van der Waals surface area contributed by atoms with Crippen LogP contribution < -0.4 is 23.5 Å². The number of rotatable bonds is 10. The maximum absolute atomic E-state index is 11.7. The number of quaternary nitrogens is 1. The summed E-state index contributed by atoms with van der Waals surface area (Å²) in [6, 6.07) is 0. The quantitative estimate of drug-likeness (QED) is 0.310. The number of carbonyl (C=O) groups excluding carboxylic acids is 3. The number of nitrogens with zero attached hydrogens (tertiary/aromatic N) is 2. The monoisotopic (exact) mass is 559 g/mol. The van der Waals surface area contributed by atoms with Crippen LogP contribution in [0.3, 0.4) is 0 Å². The second kappa shape index (κ2) is 19.4. The number of hydrogen-bond donors (Lipinski definition) is 2. The second-order valence-corrected chi connectivity index (χ2v) is 11.9. The van der Waals surface area contributed by atoms with E-state index < -0.39 is 0 Å². The van der Waals surface area contributed by atoms with E-state index in [9.17, 15) is 14.4 Å². The Hall–Kier alpha value is -0.756. The Morgan fingerprint density at radius 3 is 1.37 bits per heavy atom. The van der Waals surface area contributed by atoms with Gasteiger partial charge in [-0.15, -0.1) is 0 Å². The van der Waals surface area contributed by atoms with Crippen LogP contribution >= 0.6 is 0 Å². The molecule has 9 heteroatoms. The van der Waals surface area contributed by atoms with Crippen LogP contribution in [0.5, 0.6) is 0 Å². The molecule has 0 aromatic rings. The molecule has 0 saturated heterocycles. The molecule has 0 aromatic heterocycles. The Morgan fingerprint density at radius 1 is 0.800 bits per heavy atom. The van der Waals surface area contributed by atoms with Gasteiger partial charge in [0.15, 0.2) is 0 Å². The minimum absolute atomic E-state index is 0. The van der Waals surface area contributed by atoms with Crippen molar-refractivity contribution < 1.29 is 49.8 Å². The molecule has 3 N–H and O–H groups in total. The molecule has 1 radical (unpaired) electrons. The van der Waals surface area contributed by atoms with E-state index in [1.807, 2.05) is 62.3 Å². The smallest absolute Gasteiger partial charge is 0.227 e. The van der Waals surface area contributed by atoms with E-state index in [1.54, 1.807) is 19.0 Å². The van der Waals surface area contributed by atoms with Gasteiger partial charge in [-0.2, -0.15) is 0 Å². The van der Waals surface area contributed by atoms with Crippen LogP contribution in [0, 0.1) is 16.2 Å². The van der Waals surface area contributed by atoms with E-state index >= 15 is 0 Å². The van der Waals surface area contributed by atoms with Crippen molar-refractivity contribution in [1.82, 2.24) is 10.2 Å². The molecule has 0 aliphatic carbocycles. The van der Waals surface area contributed by atoms with E-state index in [1.165, 1.54) is 0 Å². The number of hydrogen-bond acceptors (Lipinski definition) is 3. The minimum Gasteiger partial charge on any atom is -1.00 e. The molecular weight excluding hydrogens is 503 g/mol. The largest absolute Gasteiger partial charge is 1.00 e. The van der Waals surface area contributed by atoms with Crippen molar-refractivity contribution in [3.05, 3.63) is 0 Å². The topological polar surface area (TPSA) is 92.5 Å². The predicted molar refractivity (Wildman–Crippen MR) is 141 cm³/mol. The van der Waals surface area contributed by atoms with Crippen LogP contribution in [-0.2, 0) is 32.9 Å². The van der Waals surface area contributed by atoms with Crippen LogP contribution in [0.15, 0.2) is 0 Å². The average Bonchev–Trinajstić information content (AvgIpc) is 2.70. The molecule has 3 amide bonds. The molecule has 0 atom stereocenters. The van der Waals surface area contributed by atoms with Gasteiger partial charge >= 0.3 is 0 Å². The van der Waals surface area contributed by atoms with Gasteiger partial charge in [-0.3, -0.25) is 14.4 Å². The first kappa shape index (κ1) is 44.3. The van der Waals surface area contributed by atoms with E-state index in [2.05, 4.69) is 26.5 Å². The van der Waals surface area contributed by atoms with E-state index in [4.69, 9.17) is 5.73 Å². The third kappa shape index (κ3) is 22.2. The van der Waals surface area contributed by atoms with Crippen molar-refractivity contribution in [2.45, 2.75) is 88.0 Å². The molecule has 0 heterocycles. The average molecular weight is 560 g/mol. The number of nitrogens with one attached hydrogen (secondary N) is 1. The fourth-order valence-electron chi connectivity index (χ4n) is 2.09. The van der Waals surface area contributed by atoms with Crippen LogP contribution in [0.1, 0.15) is 88.0 Å². The Bertz CT molecular complexity index is 602. The number of halogens is 1. The van der Waals surface area contributed by atoms with Crippen LogP contribution in [-0.4, -0.2) is 75.4 Å². The molecule has 0 fully saturated rings. The summed E-state index contributed by atoms with van der Waals surface area (Å²) < 4.78 is 0.951. The molecule has 0 spiro atoms. The fourth-order valence-corrected chi connectivity index (χ4v) is 2.09. The van der Waals surface area contributed by atoms with Crippen molar-refractivity contribution >= 4 is 17.7 Å². The van der Waals surface area contributed by atoms with Gasteiger partial charge < -0.3 is 32.8 Å². The van der Waals surface area contributed by atoms with Gasteiger partial charge in [0.05, 0.1) is 27.7 Å². The first-order valence-corrected chi connectivity index (χ1v) is 12.2. The molecule has 7 nitrogen and oxygen atoms in total. The molecule has 0 unspecified atom stereocenters. The normalized spacial score (nSPS) is 11.3. The Labute approximate surface area is 235 Å². The van der Waals surface area contributed by atoms with Gasteiger partial charge in [0.25, 0.3) is 0 Å². The summed E-state index contributed by atoms with van der Waals surface area (Å²) >= 11 is 0. The molecule has 0 aliphatic heterocycles. The summed E-state index contributed by atoms with van der Waals surface area (Å²) in [5.74, 6) is 0.154. The van der Waals surface area contributed by atoms with Crippen molar-refractivity contribution in [3.8, 4) is 0 Å². The Kier molecular flexibility index (Phi) is 24.5. The fraction of sp³-hybridized carbons (Fsp3) is 0.885. The van der Waals surface area contributed by atoms with Gasteiger partial charge in [-0.25, -0.2) is 0 Å². The number of primary amides is 1. The van der Waals surface area contributed by atoms with E-state index in [-0.39, 0.29) is 64.9 Å². The number of carbonyl (C=O) groups is 3. The molecule has 0 rings (SSSR count). The standard InChI is InChI=1S/C12H26N2O.C8H17NO.C6H13NO.ClH.V/c1-7-12(2,3)11(15)13-9-8-10-14(4,5)6;1-6-8(2,3)7(10)9(4)5;1-4-6(2,3)5(7)8;;/h7-10H2,1-6H3;6H2,1-5H3;4H2,1-3H3,(H2,7,8);1H;. The maximum atomic E-state index is 11.7. The predicted octanol–water partition coefficient (Wildman–Crippen LogP) is 1.06. The van der Waals surface area contributed by atoms with Crippen LogP contribution in [0.2, 0.25) is 0 Å². The molecule has 0 bridgehead atoms. The van der Waals surface area contributed by atoms with Crippen molar-refractivity contribution in [1.29, 1.82) is 0 Å². The van der Waals surface area contributed by atoms with Gasteiger partial charge in [0.1, 0.15) is 0 Å². The first-order valence-electron chi connectivity index (χ1n) is 12.2. The van der Waals surface area contributed by atoms with Crippen LogP contribution in [0.4, 0.5) is 0 Å². The van der Waals surface area contributed by atoms with Crippen molar-refractivity contribution in [2.24, 2.45) is 22.0 Å². The summed E-state index contributed by atoms with van der Waals surface area (Å²) in [6.45, 7) is 19.5. The van der Waals surface area contributed by atoms with Gasteiger partial charge in [-0.05, 0) is 19.3 Å². The van der Waals surface area contributed by atoms with E-state index in [0.29, 0.717) is 0 Å². The number of nitrogens with two attached hydrogens (primary N) is 1. The molecule has 0 saturated carbocycles. The van der Waals surface area contributed by atoms with E-state index in [0.717, 1.165) is 43.3 Å². The molecule has 0 aromatic carbocycles. The summed E-state index contributed by atoms with van der Waals surface area (Å²) in [5.41, 5.74) is 4.31. The Morgan fingerprint density at radius 2 is 1.17 bits per heavy atom. The van der Waals surface area contributed by atoms with Crippen molar-refractivity contribution in [3.63, 3.8) is 0 Å². The molecule has 35 heavy (non-hydrogen) atoms. The second-order valence-electron chi connectivity index (χ2n) is 11.9. The SMILES string of the molecule is CCC(C)(C)C(=O)N(C)C.CCC(C)(C)C(=O)NCCC[N+](C)(C)C.CCC(C)(C)C(N)=O.[Cl-].[V]. The van der Waals surface area contributed by atoms with Gasteiger partial charge in [0.2, 0.25) is 17.7 Å². The summed E-state index contributed by atoms with van der Waals surface area (Å²) in [5, 5.41) is 3.00. The first-order chi connectivity index (χ1) is 14.6. The minimum atomic E-state index is -0.319. The molecule has 0 aliphatic rings. The van der Waals surface area contributed by atoms with Gasteiger partial charge in [0, 0.05) is 61.9 Å². The van der Waals surface area contributed by atoms with Crippen LogP contribution in [0.25, 0.3) is 0 Å². The third-order valence-electron chi connectivity index (χ3n) is 6.21. The summed E-state index contributed by atoms with van der Waals surface area (Å²) in [7, 11) is 10.1. The molecule has 211 valence electrons. The maximum Gasteiger partial charge on any atom is 0.227 e. The summed E-state index contributed by atoms with van der Waals surface area (Å²) in [6.07, 6.45) is 3.62. The Balaban J connectivity index is -0.000000132. The zero-order valence-corrected chi connectivity index (χ0v) is 27.4. The summed E-state index contributed by atoms with van der Waals surface area (Å²) in [4.78, 5) is 35.1. The third-order valence-corrected chi connectivity index (χ3v) is 6.21. The number of amides is 3.